The SMILES string of the molecule is C=C(C)C(=O)OCC(COCC)OC(=O)CCCC. The Bertz CT molecular complexity index is 298. The van der Waals surface area contributed by atoms with Crippen molar-refractivity contribution in [1.82, 2.24) is 0 Å². The largest absolute Gasteiger partial charge is 0.458 e. The van der Waals surface area contributed by atoms with Crippen molar-refractivity contribution in [2.45, 2.75) is 46.1 Å². The Morgan fingerprint density at radius 2 is 1.89 bits per heavy atom. The van der Waals surface area contributed by atoms with Crippen molar-refractivity contribution >= 4 is 11.9 Å². The summed E-state index contributed by atoms with van der Waals surface area (Å²) in [6, 6.07) is 0. The molecular formula is C14H24O5. The average Bonchev–Trinajstić information content (AvgIpc) is 2.38. The number of ether oxygens (including phenoxy) is 3. The molecule has 0 rings (SSSR count). The fourth-order valence-electron chi connectivity index (χ4n) is 1.22. The van der Waals surface area contributed by atoms with Crippen LogP contribution in [-0.2, 0) is 23.8 Å². The van der Waals surface area contributed by atoms with Gasteiger partial charge < -0.3 is 14.2 Å². The van der Waals surface area contributed by atoms with Gasteiger partial charge >= 0.3 is 11.9 Å². The summed E-state index contributed by atoms with van der Waals surface area (Å²) in [4.78, 5) is 22.8. The standard InChI is InChI=1S/C14H24O5/c1-5-7-8-13(15)19-12(9-17-6-2)10-18-14(16)11(3)4/h12H,3,5-10H2,1-2,4H3. The van der Waals surface area contributed by atoms with Crippen molar-refractivity contribution in [1.29, 1.82) is 0 Å². The number of carbonyl (C=O) groups excluding carboxylic acids is 2. The zero-order valence-electron chi connectivity index (χ0n) is 12.1. The average molecular weight is 272 g/mol. The van der Waals surface area contributed by atoms with Gasteiger partial charge in [0.1, 0.15) is 6.61 Å². The topological polar surface area (TPSA) is 61.8 Å². The number of hydrogen-bond donors (Lipinski definition) is 0. The van der Waals surface area contributed by atoms with Gasteiger partial charge in [-0.15, -0.1) is 0 Å². The van der Waals surface area contributed by atoms with Crippen LogP contribution in [0, 0.1) is 0 Å². The third kappa shape index (κ3) is 9.25. The fourth-order valence-corrected chi connectivity index (χ4v) is 1.22. The lowest BCUT2D eigenvalue weighted by Crippen LogP contribution is -2.29. The Kier molecular flexibility index (Phi) is 9.80. The number of rotatable bonds is 10. The number of esters is 2. The van der Waals surface area contributed by atoms with E-state index in [1.807, 2.05) is 13.8 Å². The van der Waals surface area contributed by atoms with Crippen LogP contribution >= 0.6 is 0 Å². The predicted molar refractivity (Wildman–Crippen MR) is 71.7 cm³/mol. The second-order valence-corrected chi connectivity index (χ2v) is 4.25. The maximum Gasteiger partial charge on any atom is 0.333 e. The van der Waals surface area contributed by atoms with Crippen molar-refractivity contribution in [3.63, 3.8) is 0 Å². The number of unbranched alkanes of at least 4 members (excludes halogenated alkanes) is 1. The van der Waals surface area contributed by atoms with E-state index in [0.717, 1.165) is 12.8 Å². The Morgan fingerprint density at radius 3 is 2.42 bits per heavy atom. The highest BCUT2D eigenvalue weighted by atomic mass is 16.6. The molecule has 0 radical (unpaired) electrons. The third-order valence-electron chi connectivity index (χ3n) is 2.29. The van der Waals surface area contributed by atoms with E-state index in [2.05, 4.69) is 6.58 Å². The fraction of sp³-hybridized carbons (Fsp3) is 0.714. The molecule has 5 heteroatoms. The highest BCUT2D eigenvalue weighted by Crippen LogP contribution is 2.03. The van der Waals surface area contributed by atoms with Crippen molar-refractivity contribution in [2.75, 3.05) is 19.8 Å². The van der Waals surface area contributed by atoms with Crippen LogP contribution in [0.4, 0.5) is 0 Å². The molecule has 0 aromatic carbocycles. The smallest absolute Gasteiger partial charge is 0.333 e. The molecule has 5 nitrogen and oxygen atoms in total. The normalized spacial score (nSPS) is 11.7. The first-order valence-corrected chi connectivity index (χ1v) is 6.61. The van der Waals surface area contributed by atoms with Gasteiger partial charge in [-0.2, -0.15) is 0 Å². The molecule has 19 heavy (non-hydrogen) atoms. The van der Waals surface area contributed by atoms with E-state index < -0.39 is 12.1 Å². The third-order valence-corrected chi connectivity index (χ3v) is 2.29. The van der Waals surface area contributed by atoms with Gasteiger partial charge in [-0.25, -0.2) is 4.79 Å². The van der Waals surface area contributed by atoms with Crippen LogP contribution in [0.1, 0.15) is 40.0 Å². The summed E-state index contributed by atoms with van der Waals surface area (Å²) < 4.78 is 15.4. The molecular weight excluding hydrogens is 248 g/mol. The van der Waals surface area contributed by atoms with Crippen molar-refractivity contribution < 1.29 is 23.8 Å². The zero-order chi connectivity index (χ0) is 14.7. The highest BCUT2D eigenvalue weighted by molar-refractivity contribution is 5.86. The Morgan fingerprint density at radius 1 is 1.21 bits per heavy atom. The predicted octanol–water partition coefficient (Wildman–Crippen LogP) is 2.24. The quantitative estimate of drug-likeness (QED) is 0.451. The van der Waals surface area contributed by atoms with Crippen molar-refractivity contribution in [3.05, 3.63) is 12.2 Å². The Labute approximate surface area is 114 Å². The lowest BCUT2D eigenvalue weighted by atomic mass is 10.2. The summed E-state index contributed by atoms with van der Waals surface area (Å²) in [6.45, 7) is 9.61. The summed E-state index contributed by atoms with van der Waals surface area (Å²) in [5, 5.41) is 0. The summed E-state index contributed by atoms with van der Waals surface area (Å²) in [6.07, 6.45) is 1.52. The van der Waals surface area contributed by atoms with Gasteiger partial charge in [0.2, 0.25) is 0 Å². The monoisotopic (exact) mass is 272 g/mol. The Hall–Kier alpha value is -1.36. The number of hydrogen-bond acceptors (Lipinski definition) is 5. The van der Waals surface area contributed by atoms with Gasteiger partial charge in [-0.05, 0) is 20.3 Å². The van der Waals surface area contributed by atoms with E-state index in [-0.39, 0.29) is 19.2 Å². The molecule has 0 amide bonds. The zero-order valence-corrected chi connectivity index (χ0v) is 12.1. The minimum absolute atomic E-state index is 0.0104. The molecule has 0 saturated carbocycles. The van der Waals surface area contributed by atoms with E-state index in [9.17, 15) is 9.59 Å². The van der Waals surface area contributed by atoms with Gasteiger partial charge in [0.15, 0.2) is 6.10 Å². The maximum absolute atomic E-state index is 11.5. The van der Waals surface area contributed by atoms with Gasteiger partial charge in [-0.3, -0.25) is 4.79 Å². The van der Waals surface area contributed by atoms with Gasteiger partial charge in [0.25, 0.3) is 0 Å². The van der Waals surface area contributed by atoms with Crippen LogP contribution in [0.5, 0.6) is 0 Å². The van der Waals surface area contributed by atoms with Crippen LogP contribution in [-0.4, -0.2) is 37.9 Å². The summed E-state index contributed by atoms with van der Waals surface area (Å²) in [7, 11) is 0. The molecule has 110 valence electrons. The van der Waals surface area contributed by atoms with Crippen molar-refractivity contribution in [2.24, 2.45) is 0 Å². The molecule has 0 aliphatic carbocycles. The molecule has 0 spiro atoms. The highest BCUT2D eigenvalue weighted by Gasteiger charge is 2.17. The van der Waals surface area contributed by atoms with Crippen LogP contribution in [0.2, 0.25) is 0 Å². The molecule has 0 aromatic rings. The summed E-state index contributed by atoms with van der Waals surface area (Å²) >= 11 is 0. The molecule has 1 unspecified atom stereocenters. The Balaban J connectivity index is 4.17. The lowest BCUT2D eigenvalue weighted by molar-refractivity contribution is -0.161. The molecule has 0 heterocycles. The molecule has 0 bridgehead atoms. The van der Waals surface area contributed by atoms with Crippen LogP contribution in [0.3, 0.4) is 0 Å². The van der Waals surface area contributed by atoms with Gasteiger partial charge in [0, 0.05) is 18.6 Å². The molecule has 0 aliphatic rings. The lowest BCUT2D eigenvalue weighted by Gasteiger charge is -2.17. The van der Waals surface area contributed by atoms with Crippen LogP contribution in [0.25, 0.3) is 0 Å². The first kappa shape index (κ1) is 17.6. The first-order valence-electron chi connectivity index (χ1n) is 6.61. The number of carbonyl (C=O) groups is 2. The second kappa shape index (κ2) is 10.6. The van der Waals surface area contributed by atoms with Gasteiger partial charge in [-0.1, -0.05) is 19.9 Å². The van der Waals surface area contributed by atoms with Crippen LogP contribution < -0.4 is 0 Å². The maximum atomic E-state index is 11.5. The molecule has 0 aliphatic heterocycles. The van der Waals surface area contributed by atoms with E-state index in [4.69, 9.17) is 14.2 Å². The molecule has 0 aromatic heterocycles. The van der Waals surface area contributed by atoms with Gasteiger partial charge in [0.05, 0.1) is 6.61 Å². The van der Waals surface area contributed by atoms with E-state index in [1.165, 1.54) is 0 Å². The van der Waals surface area contributed by atoms with Crippen molar-refractivity contribution in [3.8, 4) is 0 Å². The molecule has 0 fully saturated rings. The minimum Gasteiger partial charge on any atom is -0.458 e. The minimum atomic E-state index is -0.562. The molecule has 1 atom stereocenters. The van der Waals surface area contributed by atoms with Crippen LogP contribution in [0.15, 0.2) is 12.2 Å². The summed E-state index contributed by atoms with van der Waals surface area (Å²) in [5.74, 6) is -0.788. The summed E-state index contributed by atoms with van der Waals surface area (Å²) in [5.41, 5.74) is 0.312. The van der Waals surface area contributed by atoms with E-state index >= 15 is 0 Å². The molecule has 0 saturated heterocycles. The van der Waals surface area contributed by atoms with E-state index in [0.29, 0.717) is 18.6 Å². The second-order valence-electron chi connectivity index (χ2n) is 4.25. The first-order chi connectivity index (χ1) is 9.01. The molecule has 0 N–H and O–H groups in total. The van der Waals surface area contributed by atoms with E-state index in [1.54, 1.807) is 6.92 Å².